The second-order valence-electron chi connectivity index (χ2n) is 4.84. The summed E-state index contributed by atoms with van der Waals surface area (Å²) < 4.78 is 1.84. The van der Waals surface area contributed by atoms with Crippen LogP contribution in [0.5, 0.6) is 0 Å². The van der Waals surface area contributed by atoms with Gasteiger partial charge >= 0.3 is 0 Å². The average molecular weight is 237 g/mol. The Morgan fingerprint density at radius 1 is 1.47 bits per heavy atom. The molecule has 1 heterocycles. The van der Waals surface area contributed by atoms with Crippen LogP contribution in [0.15, 0.2) is 6.33 Å². The Balaban J connectivity index is 2.04. The molecule has 0 bridgehead atoms. The molecule has 17 heavy (non-hydrogen) atoms. The molecule has 0 radical (unpaired) electrons. The second kappa shape index (κ2) is 4.96. The van der Waals surface area contributed by atoms with Crippen LogP contribution in [0.1, 0.15) is 44.9 Å². The molecular formula is C12H19N3O2. The summed E-state index contributed by atoms with van der Waals surface area (Å²) in [4.78, 5) is 15.4. The number of aryl methyl sites for hydroxylation is 1. The fourth-order valence-corrected chi connectivity index (χ4v) is 2.29. The summed E-state index contributed by atoms with van der Waals surface area (Å²) in [6, 6.07) is 0. The second-order valence-corrected chi connectivity index (χ2v) is 4.84. The monoisotopic (exact) mass is 237 g/mol. The molecule has 0 saturated heterocycles. The lowest BCUT2D eigenvalue weighted by Gasteiger charge is -2.31. The number of rotatable bonds is 4. The van der Waals surface area contributed by atoms with E-state index in [0.717, 1.165) is 18.8 Å². The van der Waals surface area contributed by atoms with Crippen molar-refractivity contribution in [2.45, 2.75) is 57.6 Å². The summed E-state index contributed by atoms with van der Waals surface area (Å²) in [6.07, 6.45) is 5.09. The molecule has 1 fully saturated rings. The lowest BCUT2D eigenvalue weighted by atomic mass is 9.82. The van der Waals surface area contributed by atoms with Crippen LogP contribution in [0, 0.1) is 0 Å². The molecule has 1 saturated carbocycles. The van der Waals surface area contributed by atoms with Gasteiger partial charge in [-0.1, -0.05) is 6.92 Å². The van der Waals surface area contributed by atoms with E-state index in [1.807, 2.05) is 4.68 Å². The maximum absolute atomic E-state index is 11.2. The molecule has 0 atom stereocenters. The Bertz CT molecular complexity index is 390. The molecule has 1 aromatic heterocycles. The van der Waals surface area contributed by atoms with Crippen molar-refractivity contribution in [2.24, 2.45) is 0 Å². The summed E-state index contributed by atoms with van der Waals surface area (Å²) in [5.74, 6) is 1.08. The van der Waals surface area contributed by atoms with Gasteiger partial charge in [0.1, 0.15) is 17.9 Å². The Hall–Kier alpha value is -1.23. The lowest BCUT2D eigenvalue weighted by molar-refractivity contribution is -0.125. The van der Waals surface area contributed by atoms with Gasteiger partial charge in [-0.05, 0) is 19.3 Å². The molecule has 1 N–H and O–H groups in total. The van der Waals surface area contributed by atoms with Crippen LogP contribution in [-0.2, 0) is 17.8 Å². The number of ketones is 1. The number of hydrogen-bond acceptors (Lipinski definition) is 4. The van der Waals surface area contributed by atoms with Crippen molar-refractivity contribution in [2.75, 3.05) is 0 Å². The van der Waals surface area contributed by atoms with E-state index in [-0.39, 0.29) is 5.78 Å². The van der Waals surface area contributed by atoms with E-state index in [0.29, 0.717) is 32.1 Å². The van der Waals surface area contributed by atoms with Crippen molar-refractivity contribution >= 4 is 5.78 Å². The summed E-state index contributed by atoms with van der Waals surface area (Å²) >= 11 is 0. The fourth-order valence-electron chi connectivity index (χ4n) is 2.29. The third-order valence-electron chi connectivity index (χ3n) is 3.36. The maximum atomic E-state index is 11.2. The molecule has 1 aliphatic carbocycles. The molecule has 0 spiro atoms. The van der Waals surface area contributed by atoms with Gasteiger partial charge in [0.05, 0.1) is 5.60 Å². The number of aliphatic hydroxyl groups is 1. The number of aromatic nitrogens is 3. The van der Waals surface area contributed by atoms with Crippen LogP contribution in [0.2, 0.25) is 0 Å². The van der Waals surface area contributed by atoms with Gasteiger partial charge in [0.2, 0.25) is 0 Å². The molecule has 1 aliphatic rings. The van der Waals surface area contributed by atoms with E-state index in [1.165, 1.54) is 6.33 Å². The molecule has 0 aliphatic heterocycles. The summed E-state index contributed by atoms with van der Waals surface area (Å²) in [6.45, 7) is 2.91. The molecule has 2 rings (SSSR count). The molecule has 0 aromatic carbocycles. The first-order valence-corrected chi connectivity index (χ1v) is 6.24. The molecule has 1 aromatic rings. The molecule has 0 unspecified atom stereocenters. The quantitative estimate of drug-likeness (QED) is 0.851. The Kier molecular flexibility index (Phi) is 3.57. The standard InChI is InChI=1S/C12H19N3O2/c1-2-7-15-11(13-9-14-15)8-12(17)5-3-10(16)4-6-12/h9,17H,2-8H2,1H3. The minimum absolute atomic E-state index is 0.254. The van der Waals surface area contributed by atoms with E-state index in [1.54, 1.807) is 0 Å². The van der Waals surface area contributed by atoms with E-state index in [2.05, 4.69) is 17.0 Å². The van der Waals surface area contributed by atoms with Gasteiger partial charge in [-0.15, -0.1) is 0 Å². The van der Waals surface area contributed by atoms with Crippen molar-refractivity contribution in [3.63, 3.8) is 0 Å². The topological polar surface area (TPSA) is 68.0 Å². The minimum Gasteiger partial charge on any atom is -0.389 e. The lowest BCUT2D eigenvalue weighted by Crippen LogP contribution is -2.37. The normalized spacial score (nSPS) is 19.5. The van der Waals surface area contributed by atoms with Crippen molar-refractivity contribution in [3.8, 4) is 0 Å². The first-order chi connectivity index (χ1) is 8.13. The average Bonchev–Trinajstić information content (AvgIpc) is 2.71. The van der Waals surface area contributed by atoms with Crippen LogP contribution in [0.25, 0.3) is 0 Å². The Morgan fingerprint density at radius 2 is 2.18 bits per heavy atom. The molecule has 94 valence electrons. The van der Waals surface area contributed by atoms with Crippen molar-refractivity contribution in [1.29, 1.82) is 0 Å². The van der Waals surface area contributed by atoms with Gasteiger partial charge in [0, 0.05) is 25.8 Å². The SMILES string of the molecule is CCCn1ncnc1CC1(O)CCC(=O)CC1. The summed E-state index contributed by atoms with van der Waals surface area (Å²) in [5, 5.41) is 14.6. The zero-order valence-corrected chi connectivity index (χ0v) is 10.2. The molecule has 5 heteroatoms. The first-order valence-electron chi connectivity index (χ1n) is 6.24. The zero-order valence-electron chi connectivity index (χ0n) is 10.2. The largest absolute Gasteiger partial charge is 0.389 e. The Morgan fingerprint density at radius 3 is 2.82 bits per heavy atom. The van der Waals surface area contributed by atoms with Crippen molar-refractivity contribution in [3.05, 3.63) is 12.2 Å². The number of nitrogens with zero attached hydrogens (tertiary/aromatic N) is 3. The van der Waals surface area contributed by atoms with Crippen LogP contribution in [0.4, 0.5) is 0 Å². The smallest absolute Gasteiger partial charge is 0.138 e. The van der Waals surface area contributed by atoms with Gasteiger partial charge in [-0.25, -0.2) is 4.98 Å². The predicted molar refractivity (Wildman–Crippen MR) is 62.4 cm³/mol. The van der Waals surface area contributed by atoms with Gasteiger partial charge in [-0.2, -0.15) is 5.10 Å². The Labute approximate surface area is 101 Å². The molecular weight excluding hydrogens is 218 g/mol. The predicted octanol–water partition coefficient (Wildman–Crippen LogP) is 1.10. The highest BCUT2D eigenvalue weighted by Crippen LogP contribution is 2.29. The highest BCUT2D eigenvalue weighted by Gasteiger charge is 2.33. The molecule has 5 nitrogen and oxygen atoms in total. The van der Waals surface area contributed by atoms with E-state index in [4.69, 9.17) is 0 Å². The van der Waals surface area contributed by atoms with E-state index < -0.39 is 5.60 Å². The van der Waals surface area contributed by atoms with Gasteiger partial charge < -0.3 is 5.11 Å². The summed E-state index contributed by atoms with van der Waals surface area (Å²) in [7, 11) is 0. The van der Waals surface area contributed by atoms with Crippen LogP contribution < -0.4 is 0 Å². The highest BCUT2D eigenvalue weighted by atomic mass is 16.3. The minimum atomic E-state index is -0.771. The number of Topliss-reactive ketones (excluding diaryl/α,β-unsaturated/α-hetero) is 1. The zero-order chi connectivity index (χ0) is 12.3. The van der Waals surface area contributed by atoms with E-state index >= 15 is 0 Å². The number of carbonyl (C=O) groups is 1. The molecule has 0 amide bonds. The first kappa shape index (κ1) is 12.2. The van der Waals surface area contributed by atoms with Gasteiger partial charge in [0.25, 0.3) is 0 Å². The van der Waals surface area contributed by atoms with E-state index in [9.17, 15) is 9.90 Å². The van der Waals surface area contributed by atoms with Gasteiger partial charge in [-0.3, -0.25) is 9.48 Å². The number of carbonyl (C=O) groups excluding carboxylic acids is 1. The number of hydrogen-bond donors (Lipinski definition) is 1. The highest BCUT2D eigenvalue weighted by molar-refractivity contribution is 5.79. The van der Waals surface area contributed by atoms with Crippen LogP contribution in [0.3, 0.4) is 0 Å². The van der Waals surface area contributed by atoms with Crippen LogP contribution >= 0.6 is 0 Å². The third kappa shape index (κ3) is 2.91. The van der Waals surface area contributed by atoms with Crippen LogP contribution in [-0.4, -0.2) is 31.3 Å². The van der Waals surface area contributed by atoms with Gasteiger partial charge in [0.15, 0.2) is 0 Å². The maximum Gasteiger partial charge on any atom is 0.138 e. The summed E-state index contributed by atoms with van der Waals surface area (Å²) in [5.41, 5.74) is -0.771. The van der Waals surface area contributed by atoms with Crippen molar-refractivity contribution < 1.29 is 9.90 Å². The fraction of sp³-hybridized carbons (Fsp3) is 0.750. The van der Waals surface area contributed by atoms with Crippen molar-refractivity contribution in [1.82, 2.24) is 14.8 Å². The third-order valence-corrected chi connectivity index (χ3v) is 3.36.